The topological polar surface area (TPSA) is 64.7 Å². The molecule has 1 aliphatic carbocycles. The second-order valence-corrected chi connectivity index (χ2v) is 6.82. The van der Waals surface area contributed by atoms with Crippen LogP contribution in [0.4, 0.5) is 5.69 Å². The lowest BCUT2D eigenvalue weighted by atomic mass is 9.83. The molecule has 2 rings (SSSR count). The van der Waals surface area contributed by atoms with Crippen molar-refractivity contribution < 1.29 is 9.76 Å². The summed E-state index contributed by atoms with van der Waals surface area (Å²) in [6.45, 7) is 5.84. The lowest BCUT2D eigenvalue weighted by Gasteiger charge is -2.25. The largest absolute Gasteiger partial charge is 0.390 e. The standard InChI is InChI=1S/C17H24N2O3/c1-17(2,3)22-18-16(13-8-5-4-6-9-13)14-10-7-11-15(12-14)19(20)21/h7,10-13H,4-6,8-9H2,1-3H3/b18-16+. The van der Waals surface area contributed by atoms with Crippen molar-refractivity contribution in [2.24, 2.45) is 11.1 Å². The van der Waals surface area contributed by atoms with E-state index in [4.69, 9.17) is 4.84 Å². The number of oxime groups is 1. The van der Waals surface area contributed by atoms with E-state index in [0.717, 1.165) is 24.1 Å². The first-order valence-corrected chi connectivity index (χ1v) is 7.88. The Hall–Kier alpha value is -1.91. The molecule has 1 saturated carbocycles. The van der Waals surface area contributed by atoms with Crippen molar-refractivity contribution in [2.75, 3.05) is 0 Å². The fourth-order valence-electron chi connectivity index (χ4n) is 2.70. The minimum absolute atomic E-state index is 0.0942. The third-order valence-electron chi connectivity index (χ3n) is 3.76. The Balaban J connectivity index is 2.34. The molecule has 0 radical (unpaired) electrons. The van der Waals surface area contributed by atoms with Gasteiger partial charge in [0.1, 0.15) is 5.60 Å². The van der Waals surface area contributed by atoms with E-state index < -0.39 is 0 Å². The molecule has 0 aliphatic heterocycles. The summed E-state index contributed by atoms with van der Waals surface area (Å²) in [7, 11) is 0. The molecule has 22 heavy (non-hydrogen) atoms. The highest BCUT2D eigenvalue weighted by atomic mass is 16.6. The van der Waals surface area contributed by atoms with Crippen molar-refractivity contribution >= 4 is 11.4 Å². The van der Waals surface area contributed by atoms with Gasteiger partial charge in [-0.2, -0.15) is 0 Å². The average Bonchev–Trinajstić information content (AvgIpc) is 2.48. The van der Waals surface area contributed by atoms with E-state index in [1.54, 1.807) is 12.1 Å². The number of nitro groups is 1. The number of nitro benzene ring substituents is 1. The normalized spacial score (nSPS) is 17.3. The number of hydrogen-bond acceptors (Lipinski definition) is 4. The van der Waals surface area contributed by atoms with E-state index in [2.05, 4.69) is 5.16 Å². The minimum Gasteiger partial charge on any atom is -0.390 e. The summed E-state index contributed by atoms with van der Waals surface area (Å²) in [4.78, 5) is 16.3. The van der Waals surface area contributed by atoms with Crippen molar-refractivity contribution in [1.29, 1.82) is 0 Å². The molecule has 5 heteroatoms. The van der Waals surface area contributed by atoms with Gasteiger partial charge < -0.3 is 4.84 Å². The maximum Gasteiger partial charge on any atom is 0.270 e. The van der Waals surface area contributed by atoms with Gasteiger partial charge in [0, 0.05) is 23.6 Å². The molecule has 0 unspecified atom stereocenters. The maximum absolute atomic E-state index is 11.0. The SMILES string of the molecule is CC(C)(C)O/N=C(/c1cccc([N+](=O)[O-])c1)C1CCCCC1. The van der Waals surface area contributed by atoms with Crippen LogP contribution < -0.4 is 0 Å². The van der Waals surface area contributed by atoms with Gasteiger partial charge in [0.15, 0.2) is 0 Å². The zero-order valence-electron chi connectivity index (χ0n) is 13.5. The van der Waals surface area contributed by atoms with Gasteiger partial charge in [-0.25, -0.2) is 0 Å². The van der Waals surface area contributed by atoms with Crippen molar-refractivity contribution in [3.63, 3.8) is 0 Å². The Bertz CT molecular complexity index is 555. The van der Waals surface area contributed by atoms with Gasteiger partial charge in [0.25, 0.3) is 5.69 Å². The van der Waals surface area contributed by atoms with Crippen LogP contribution in [0, 0.1) is 16.0 Å². The molecule has 0 spiro atoms. The zero-order chi connectivity index (χ0) is 16.2. The van der Waals surface area contributed by atoms with E-state index >= 15 is 0 Å². The number of hydrogen-bond donors (Lipinski definition) is 0. The van der Waals surface area contributed by atoms with Gasteiger partial charge in [-0.3, -0.25) is 10.1 Å². The molecular formula is C17H24N2O3. The molecule has 0 atom stereocenters. The summed E-state index contributed by atoms with van der Waals surface area (Å²) in [5.41, 5.74) is 1.36. The molecule has 0 aromatic heterocycles. The van der Waals surface area contributed by atoms with Crippen LogP contribution in [-0.4, -0.2) is 16.2 Å². The number of benzene rings is 1. The molecule has 1 aliphatic rings. The quantitative estimate of drug-likeness (QED) is 0.460. The second kappa shape index (κ2) is 6.90. The summed E-state index contributed by atoms with van der Waals surface area (Å²) >= 11 is 0. The number of rotatable bonds is 4. The lowest BCUT2D eigenvalue weighted by molar-refractivity contribution is -0.384. The molecule has 1 aromatic carbocycles. The third kappa shape index (κ3) is 4.55. The van der Waals surface area contributed by atoms with Gasteiger partial charge in [-0.15, -0.1) is 0 Å². The minimum atomic E-state index is -0.374. The van der Waals surface area contributed by atoms with Crippen LogP contribution in [0.25, 0.3) is 0 Å². The predicted molar refractivity (Wildman–Crippen MR) is 87.0 cm³/mol. The highest BCUT2D eigenvalue weighted by molar-refractivity contribution is 6.02. The third-order valence-corrected chi connectivity index (χ3v) is 3.76. The predicted octanol–water partition coefficient (Wildman–Crippen LogP) is 4.69. The van der Waals surface area contributed by atoms with Crippen LogP contribution in [0.3, 0.4) is 0 Å². The Morgan fingerprint density at radius 3 is 2.55 bits per heavy atom. The van der Waals surface area contributed by atoms with E-state index in [9.17, 15) is 10.1 Å². The first kappa shape index (κ1) is 16.5. The fourth-order valence-corrected chi connectivity index (χ4v) is 2.70. The molecule has 1 fully saturated rings. The van der Waals surface area contributed by atoms with Gasteiger partial charge in [-0.1, -0.05) is 36.6 Å². The van der Waals surface area contributed by atoms with Crippen molar-refractivity contribution in [2.45, 2.75) is 58.5 Å². The zero-order valence-corrected chi connectivity index (χ0v) is 13.5. The van der Waals surface area contributed by atoms with Crippen LogP contribution >= 0.6 is 0 Å². The van der Waals surface area contributed by atoms with Gasteiger partial charge in [0.05, 0.1) is 10.6 Å². The van der Waals surface area contributed by atoms with Gasteiger partial charge >= 0.3 is 0 Å². The van der Waals surface area contributed by atoms with E-state index in [1.807, 2.05) is 26.8 Å². The van der Waals surface area contributed by atoms with Crippen LogP contribution in [-0.2, 0) is 4.84 Å². The first-order chi connectivity index (χ1) is 10.4. The molecular weight excluding hydrogens is 280 g/mol. The van der Waals surface area contributed by atoms with Crippen LogP contribution in [0.1, 0.15) is 58.4 Å². The summed E-state index contributed by atoms with van der Waals surface area (Å²) < 4.78 is 0. The van der Waals surface area contributed by atoms with Crippen molar-refractivity contribution in [3.8, 4) is 0 Å². The molecule has 120 valence electrons. The van der Waals surface area contributed by atoms with Crippen LogP contribution in [0.15, 0.2) is 29.4 Å². The van der Waals surface area contributed by atoms with E-state index in [0.29, 0.717) is 5.92 Å². The maximum atomic E-state index is 11.0. The number of non-ortho nitro benzene ring substituents is 1. The summed E-state index contributed by atoms with van der Waals surface area (Å²) in [5.74, 6) is 0.318. The highest BCUT2D eigenvalue weighted by Crippen LogP contribution is 2.29. The number of nitrogens with zero attached hydrogens (tertiary/aromatic N) is 2. The Morgan fingerprint density at radius 2 is 1.95 bits per heavy atom. The summed E-state index contributed by atoms with van der Waals surface area (Å²) in [6.07, 6.45) is 5.73. The van der Waals surface area contributed by atoms with E-state index in [1.165, 1.54) is 25.3 Å². The van der Waals surface area contributed by atoms with Crippen molar-refractivity contribution in [3.05, 3.63) is 39.9 Å². The molecule has 5 nitrogen and oxygen atoms in total. The Labute approximate surface area is 131 Å². The van der Waals surface area contributed by atoms with Gasteiger partial charge in [-0.05, 0) is 33.6 Å². The fraction of sp³-hybridized carbons (Fsp3) is 0.588. The first-order valence-electron chi connectivity index (χ1n) is 7.88. The van der Waals surface area contributed by atoms with Crippen molar-refractivity contribution in [1.82, 2.24) is 0 Å². The summed E-state index contributed by atoms with van der Waals surface area (Å²) in [6, 6.07) is 6.70. The highest BCUT2D eigenvalue weighted by Gasteiger charge is 2.24. The second-order valence-electron chi connectivity index (χ2n) is 6.82. The Morgan fingerprint density at radius 1 is 1.27 bits per heavy atom. The molecule has 0 heterocycles. The van der Waals surface area contributed by atoms with E-state index in [-0.39, 0.29) is 16.2 Å². The average molecular weight is 304 g/mol. The molecule has 0 amide bonds. The van der Waals surface area contributed by atoms with Crippen LogP contribution in [0.2, 0.25) is 0 Å². The molecule has 0 N–H and O–H groups in total. The monoisotopic (exact) mass is 304 g/mol. The molecule has 0 bridgehead atoms. The smallest absolute Gasteiger partial charge is 0.270 e. The van der Waals surface area contributed by atoms with Crippen LogP contribution in [0.5, 0.6) is 0 Å². The van der Waals surface area contributed by atoms with Gasteiger partial charge in [0.2, 0.25) is 0 Å². The molecule has 1 aromatic rings. The summed E-state index contributed by atoms with van der Waals surface area (Å²) in [5, 5.41) is 15.4. The lowest BCUT2D eigenvalue weighted by Crippen LogP contribution is -2.23. The Kier molecular flexibility index (Phi) is 5.16. The molecule has 0 saturated heterocycles.